The van der Waals surface area contributed by atoms with Gasteiger partial charge in [-0.25, -0.2) is 9.97 Å². The number of nitrogens with zero attached hydrogens (tertiary/aromatic N) is 2. The van der Waals surface area contributed by atoms with Gasteiger partial charge in [-0.3, -0.25) is 14.9 Å². The van der Waals surface area contributed by atoms with Crippen molar-refractivity contribution >= 4 is 34.0 Å². The lowest BCUT2D eigenvalue weighted by Gasteiger charge is -2.23. The molecule has 0 atom stereocenters. The van der Waals surface area contributed by atoms with Gasteiger partial charge in [-0.1, -0.05) is 12.5 Å². The Morgan fingerprint density at radius 3 is 2.97 bits per heavy atom. The van der Waals surface area contributed by atoms with E-state index in [0.29, 0.717) is 29.1 Å². The molecule has 7 nitrogen and oxygen atoms in total. The molecule has 2 aliphatic rings. The molecule has 3 aromatic rings. The van der Waals surface area contributed by atoms with Crippen molar-refractivity contribution in [1.29, 1.82) is 0 Å². The van der Waals surface area contributed by atoms with Crippen LogP contribution in [0.1, 0.15) is 53.4 Å². The van der Waals surface area contributed by atoms with E-state index in [1.807, 2.05) is 23.6 Å². The Labute approximate surface area is 177 Å². The standard InChI is InChI=1S/C22H22N4O3S/c1-12-20(29-19(23-12)9-13-3-2-4-13)21(28)26-22-25-17(11-30-22)15-5-7-16-14(10-15)6-8-18(27)24-16/h5,7,10-11,13H,2-4,6,8-9H2,1H3,(H,24,27)(H,25,26,28). The van der Waals surface area contributed by atoms with Crippen molar-refractivity contribution < 1.29 is 14.0 Å². The summed E-state index contributed by atoms with van der Waals surface area (Å²) in [6.45, 7) is 1.79. The second-order valence-electron chi connectivity index (χ2n) is 7.94. The van der Waals surface area contributed by atoms with Crippen LogP contribution in [0.3, 0.4) is 0 Å². The number of anilines is 2. The monoisotopic (exact) mass is 422 g/mol. The molecule has 1 fully saturated rings. The van der Waals surface area contributed by atoms with Gasteiger partial charge in [0.1, 0.15) is 0 Å². The maximum atomic E-state index is 12.7. The normalized spacial score (nSPS) is 16.0. The van der Waals surface area contributed by atoms with Crippen molar-refractivity contribution in [2.24, 2.45) is 5.92 Å². The number of thiazole rings is 1. The number of aryl methyl sites for hydroxylation is 2. The van der Waals surface area contributed by atoms with E-state index in [1.165, 1.54) is 30.6 Å². The van der Waals surface area contributed by atoms with Crippen LogP contribution in [0.4, 0.5) is 10.8 Å². The zero-order valence-electron chi connectivity index (χ0n) is 16.7. The third-order valence-corrected chi connectivity index (χ3v) is 6.51. The van der Waals surface area contributed by atoms with Gasteiger partial charge in [0.15, 0.2) is 11.0 Å². The van der Waals surface area contributed by atoms with Crippen LogP contribution in [0.25, 0.3) is 11.3 Å². The highest BCUT2D eigenvalue weighted by Crippen LogP contribution is 2.32. The van der Waals surface area contributed by atoms with Crippen LogP contribution in [0, 0.1) is 12.8 Å². The van der Waals surface area contributed by atoms with Crippen molar-refractivity contribution in [1.82, 2.24) is 9.97 Å². The van der Waals surface area contributed by atoms with Crippen LogP contribution in [0.2, 0.25) is 0 Å². The van der Waals surface area contributed by atoms with Gasteiger partial charge in [-0.15, -0.1) is 11.3 Å². The number of oxazole rings is 1. The fourth-order valence-corrected chi connectivity index (χ4v) is 4.57. The summed E-state index contributed by atoms with van der Waals surface area (Å²) in [7, 11) is 0. The van der Waals surface area contributed by atoms with Gasteiger partial charge in [-0.2, -0.15) is 0 Å². The van der Waals surface area contributed by atoms with Crippen LogP contribution in [-0.2, 0) is 17.6 Å². The SMILES string of the molecule is Cc1nc(CC2CCC2)oc1C(=O)Nc1nc(-c2ccc3c(c2)CCC(=O)N3)cs1. The third kappa shape index (κ3) is 3.75. The van der Waals surface area contributed by atoms with Crippen LogP contribution >= 0.6 is 11.3 Å². The first-order valence-corrected chi connectivity index (χ1v) is 11.1. The van der Waals surface area contributed by atoms with Crippen LogP contribution < -0.4 is 10.6 Å². The van der Waals surface area contributed by atoms with E-state index >= 15 is 0 Å². The topological polar surface area (TPSA) is 97.1 Å². The average Bonchev–Trinajstić information content (AvgIpc) is 3.31. The van der Waals surface area contributed by atoms with E-state index in [1.54, 1.807) is 6.92 Å². The van der Waals surface area contributed by atoms with E-state index in [2.05, 4.69) is 20.6 Å². The lowest BCUT2D eigenvalue weighted by Crippen LogP contribution is -2.18. The van der Waals surface area contributed by atoms with E-state index in [0.717, 1.165) is 35.3 Å². The Bertz CT molecular complexity index is 1130. The van der Waals surface area contributed by atoms with Gasteiger partial charge in [0, 0.05) is 29.5 Å². The minimum atomic E-state index is -0.325. The molecule has 2 amide bonds. The summed E-state index contributed by atoms with van der Waals surface area (Å²) in [5.41, 5.74) is 4.31. The highest BCUT2D eigenvalue weighted by atomic mass is 32.1. The molecular formula is C22H22N4O3S. The van der Waals surface area contributed by atoms with E-state index < -0.39 is 0 Å². The van der Waals surface area contributed by atoms with Crippen LogP contribution in [0.5, 0.6) is 0 Å². The summed E-state index contributed by atoms with van der Waals surface area (Å²) in [5.74, 6) is 1.25. The molecule has 154 valence electrons. The first kappa shape index (κ1) is 19.0. The maximum Gasteiger partial charge on any atom is 0.295 e. The molecule has 30 heavy (non-hydrogen) atoms. The number of hydrogen-bond donors (Lipinski definition) is 2. The highest BCUT2D eigenvalue weighted by Gasteiger charge is 2.24. The third-order valence-electron chi connectivity index (χ3n) is 5.76. The van der Waals surface area contributed by atoms with Gasteiger partial charge in [0.05, 0.1) is 11.4 Å². The molecule has 1 aromatic carbocycles. The summed E-state index contributed by atoms with van der Waals surface area (Å²) in [6, 6.07) is 5.88. The lowest BCUT2D eigenvalue weighted by atomic mass is 9.83. The van der Waals surface area contributed by atoms with Gasteiger partial charge >= 0.3 is 0 Å². The van der Waals surface area contributed by atoms with E-state index in [4.69, 9.17) is 4.42 Å². The van der Waals surface area contributed by atoms with Crippen molar-refractivity contribution in [2.45, 2.75) is 45.4 Å². The van der Waals surface area contributed by atoms with Crippen molar-refractivity contribution in [2.75, 3.05) is 10.6 Å². The quantitative estimate of drug-likeness (QED) is 0.627. The predicted octanol–water partition coefficient (Wildman–Crippen LogP) is 4.59. The number of rotatable bonds is 5. The van der Waals surface area contributed by atoms with Crippen molar-refractivity contribution in [3.63, 3.8) is 0 Å². The first-order chi connectivity index (χ1) is 14.5. The molecule has 1 aliphatic heterocycles. The number of fused-ring (bicyclic) bond motifs is 1. The smallest absolute Gasteiger partial charge is 0.295 e. The van der Waals surface area contributed by atoms with Gasteiger partial charge in [0.2, 0.25) is 11.7 Å². The number of hydrogen-bond acceptors (Lipinski definition) is 6. The number of carbonyl (C=O) groups is 2. The summed E-state index contributed by atoms with van der Waals surface area (Å²) >= 11 is 1.37. The molecular weight excluding hydrogens is 400 g/mol. The summed E-state index contributed by atoms with van der Waals surface area (Å²) in [5, 5.41) is 8.14. The molecule has 0 saturated heterocycles. The summed E-state index contributed by atoms with van der Waals surface area (Å²) < 4.78 is 5.74. The molecule has 1 saturated carbocycles. The molecule has 2 N–H and O–H groups in total. The number of carbonyl (C=O) groups excluding carboxylic acids is 2. The Balaban J connectivity index is 1.29. The second kappa shape index (κ2) is 7.68. The number of benzene rings is 1. The molecule has 0 radical (unpaired) electrons. The molecule has 0 spiro atoms. The number of nitrogens with one attached hydrogen (secondary N) is 2. The summed E-state index contributed by atoms with van der Waals surface area (Å²) in [6.07, 6.45) is 5.70. The van der Waals surface area contributed by atoms with Gasteiger partial charge in [0.25, 0.3) is 5.91 Å². The lowest BCUT2D eigenvalue weighted by molar-refractivity contribution is -0.116. The van der Waals surface area contributed by atoms with Crippen LogP contribution in [0.15, 0.2) is 28.0 Å². The molecule has 0 bridgehead atoms. The molecule has 1 aliphatic carbocycles. The van der Waals surface area contributed by atoms with Gasteiger partial charge in [-0.05, 0) is 49.8 Å². The van der Waals surface area contributed by atoms with E-state index in [-0.39, 0.29) is 17.6 Å². The Morgan fingerprint density at radius 1 is 1.30 bits per heavy atom. The summed E-state index contributed by atoms with van der Waals surface area (Å²) in [4.78, 5) is 33.2. The van der Waals surface area contributed by atoms with Crippen LogP contribution in [-0.4, -0.2) is 21.8 Å². The largest absolute Gasteiger partial charge is 0.435 e. The molecule has 8 heteroatoms. The van der Waals surface area contributed by atoms with Gasteiger partial charge < -0.3 is 9.73 Å². The Hall–Kier alpha value is -3.00. The van der Waals surface area contributed by atoms with E-state index in [9.17, 15) is 9.59 Å². The molecule has 5 rings (SSSR count). The fourth-order valence-electron chi connectivity index (χ4n) is 3.85. The fraction of sp³-hybridized carbons (Fsp3) is 0.364. The number of amides is 2. The zero-order valence-corrected chi connectivity index (χ0v) is 17.5. The van der Waals surface area contributed by atoms with Crippen molar-refractivity contribution in [3.8, 4) is 11.3 Å². The molecule has 3 heterocycles. The maximum absolute atomic E-state index is 12.7. The highest BCUT2D eigenvalue weighted by molar-refractivity contribution is 7.14. The van der Waals surface area contributed by atoms with Crippen molar-refractivity contribution in [3.05, 3.63) is 46.5 Å². The average molecular weight is 423 g/mol. The molecule has 2 aromatic heterocycles. The molecule has 0 unspecified atom stereocenters. The first-order valence-electron chi connectivity index (χ1n) is 10.2. The Kier molecular flexibility index (Phi) is 4.86. The minimum absolute atomic E-state index is 0.0486. The second-order valence-corrected chi connectivity index (χ2v) is 8.79. The number of aromatic nitrogens is 2. The Morgan fingerprint density at radius 2 is 2.17 bits per heavy atom. The zero-order chi connectivity index (χ0) is 20.7. The predicted molar refractivity (Wildman–Crippen MR) is 115 cm³/mol. The minimum Gasteiger partial charge on any atom is -0.435 e.